The Kier molecular flexibility index (Phi) is 5.78. The summed E-state index contributed by atoms with van der Waals surface area (Å²) in [6.45, 7) is 5.96. The molecule has 0 radical (unpaired) electrons. The molecular formula is C19H27NO2. The van der Waals surface area contributed by atoms with Crippen LogP contribution in [-0.2, 0) is 11.2 Å². The lowest BCUT2D eigenvalue weighted by atomic mass is 9.68. The van der Waals surface area contributed by atoms with Gasteiger partial charge in [0.1, 0.15) is 0 Å². The fourth-order valence-electron chi connectivity index (χ4n) is 3.32. The van der Waals surface area contributed by atoms with Crippen molar-refractivity contribution in [2.45, 2.75) is 45.4 Å². The molecule has 0 heterocycles. The Morgan fingerprint density at radius 3 is 2.77 bits per heavy atom. The largest absolute Gasteiger partial charge is 0.396 e. The van der Waals surface area contributed by atoms with Gasteiger partial charge in [0.25, 0.3) is 0 Å². The third kappa shape index (κ3) is 4.20. The Hall–Kier alpha value is -1.61. The molecule has 0 atom stereocenters. The van der Waals surface area contributed by atoms with Crippen LogP contribution in [-0.4, -0.2) is 17.6 Å². The summed E-state index contributed by atoms with van der Waals surface area (Å²) in [5.41, 5.74) is 2.00. The Balaban J connectivity index is 2.06. The molecule has 2 N–H and O–H groups in total. The second kappa shape index (κ2) is 7.59. The van der Waals surface area contributed by atoms with E-state index in [1.54, 1.807) is 0 Å². The number of allylic oxidation sites excluding steroid dienone is 1. The Bertz CT molecular complexity index is 516. The first-order valence-electron chi connectivity index (χ1n) is 8.23. The monoisotopic (exact) mass is 301 g/mol. The maximum Gasteiger partial charge on any atom is 0.224 e. The second-order valence-corrected chi connectivity index (χ2v) is 6.51. The lowest BCUT2D eigenvalue weighted by Gasteiger charge is -2.38. The van der Waals surface area contributed by atoms with Gasteiger partial charge in [-0.25, -0.2) is 0 Å². The molecule has 22 heavy (non-hydrogen) atoms. The van der Waals surface area contributed by atoms with E-state index >= 15 is 0 Å². The number of hydrogen-bond acceptors (Lipinski definition) is 2. The van der Waals surface area contributed by atoms with Crippen molar-refractivity contribution in [3.05, 3.63) is 42.5 Å². The molecule has 3 heteroatoms. The SMILES string of the molecule is C=CC1CCC(CO)(Cc2cccc(NC(=O)CC)c2)CC1. The van der Waals surface area contributed by atoms with Gasteiger partial charge in [-0.1, -0.05) is 25.1 Å². The highest BCUT2D eigenvalue weighted by atomic mass is 16.3. The van der Waals surface area contributed by atoms with Gasteiger partial charge in [0.2, 0.25) is 5.91 Å². The molecule has 0 unspecified atom stereocenters. The van der Waals surface area contributed by atoms with Gasteiger partial charge in [0.15, 0.2) is 0 Å². The lowest BCUT2D eigenvalue weighted by molar-refractivity contribution is -0.115. The molecule has 0 spiro atoms. The van der Waals surface area contributed by atoms with E-state index in [4.69, 9.17) is 0 Å². The number of rotatable bonds is 6. The number of carbonyl (C=O) groups excluding carboxylic acids is 1. The second-order valence-electron chi connectivity index (χ2n) is 6.51. The first kappa shape index (κ1) is 16.8. The summed E-state index contributed by atoms with van der Waals surface area (Å²) in [5.74, 6) is 0.621. The Morgan fingerprint density at radius 1 is 1.45 bits per heavy atom. The highest BCUT2D eigenvalue weighted by Gasteiger charge is 2.34. The molecule has 0 saturated heterocycles. The minimum absolute atomic E-state index is 0.0209. The topological polar surface area (TPSA) is 49.3 Å². The van der Waals surface area contributed by atoms with Crippen molar-refractivity contribution in [2.75, 3.05) is 11.9 Å². The number of nitrogens with one attached hydrogen (secondary N) is 1. The summed E-state index contributed by atoms with van der Waals surface area (Å²) in [5, 5.41) is 12.8. The molecule has 0 aliphatic heterocycles. The number of aliphatic hydroxyl groups is 1. The zero-order valence-corrected chi connectivity index (χ0v) is 13.5. The molecule has 1 aromatic rings. The first-order valence-corrected chi connectivity index (χ1v) is 8.23. The van der Waals surface area contributed by atoms with Gasteiger partial charge in [-0.15, -0.1) is 6.58 Å². The summed E-state index contributed by atoms with van der Waals surface area (Å²) >= 11 is 0. The van der Waals surface area contributed by atoms with Gasteiger partial charge in [-0.3, -0.25) is 4.79 Å². The van der Waals surface area contributed by atoms with Crippen molar-refractivity contribution in [1.82, 2.24) is 0 Å². The zero-order chi connectivity index (χ0) is 16.0. The Morgan fingerprint density at radius 2 is 2.18 bits per heavy atom. The molecular weight excluding hydrogens is 274 g/mol. The average Bonchev–Trinajstić information content (AvgIpc) is 2.55. The van der Waals surface area contributed by atoms with Crippen LogP contribution in [0.5, 0.6) is 0 Å². The molecule has 1 aromatic carbocycles. The molecule has 1 aliphatic carbocycles. The smallest absolute Gasteiger partial charge is 0.224 e. The van der Waals surface area contributed by atoms with Crippen molar-refractivity contribution in [1.29, 1.82) is 0 Å². The van der Waals surface area contributed by atoms with Crippen LogP contribution < -0.4 is 5.32 Å². The third-order valence-electron chi connectivity index (χ3n) is 4.87. The minimum atomic E-state index is -0.0209. The summed E-state index contributed by atoms with van der Waals surface area (Å²) in [6.07, 6.45) is 7.67. The standard InChI is InChI=1S/C19H27NO2/c1-3-15-8-10-19(14-21,11-9-15)13-16-6-5-7-17(12-16)20-18(22)4-2/h3,5-7,12,15,21H,1,4,8-11,13-14H2,2H3,(H,20,22). The van der Waals surface area contributed by atoms with Gasteiger partial charge in [0, 0.05) is 18.7 Å². The van der Waals surface area contributed by atoms with Crippen LogP contribution in [0.2, 0.25) is 0 Å². The number of carbonyl (C=O) groups is 1. The van der Waals surface area contributed by atoms with Crippen LogP contribution in [0.1, 0.15) is 44.6 Å². The van der Waals surface area contributed by atoms with Gasteiger partial charge >= 0.3 is 0 Å². The van der Waals surface area contributed by atoms with E-state index < -0.39 is 0 Å². The van der Waals surface area contributed by atoms with Crippen LogP contribution >= 0.6 is 0 Å². The number of hydrogen-bond donors (Lipinski definition) is 2. The highest BCUT2D eigenvalue weighted by Crippen LogP contribution is 2.41. The summed E-state index contributed by atoms with van der Waals surface area (Å²) in [6, 6.07) is 8.00. The van der Waals surface area contributed by atoms with E-state index in [1.165, 1.54) is 5.56 Å². The van der Waals surface area contributed by atoms with Crippen molar-refractivity contribution in [2.24, 2.45) is 11.3 Å². The van der Waals surface area contributed by atoms with Gasteiger partial charge < -0.3 is 10.4 Å². The van der Waals surface area contributed by atoms with Crippen LogP contribution in [0.15, 0.2) is 36.9 Å². The quantitative estimate of drug-likeness (QED) is 0.782. The predicted octanol–water partition coefficient (Wildman–Crippen LogP) is 3.93. The first-order chi connectivity index (χ1) is 10.6. The highest BCUT2D eigenvalue weighted by molar-refractivity contribution is 5.90. The number of benzene rings is 1. The summed E-state index contributed by atoms with van der Waals surface area (Å²) in [7, 11) is 0. The van der Waals surface area contributed by atoms with Crippen LogP contribution in [0.4, 0.5) is 5.69 Å². The zero-order valence-electron chi connectivity index (χ0n) is 13.5. The average molecular weight is 301 g/mol. The van der Waals surface area contributed by atoms with Gasteiger partial charge in [-0.05, 0) is 61.1 Å². The van der Waals surface area contributed by atoms with E-state index in [0.717, 1.165) is 37.8 Å². The summed E-state index contributed by atoms with van der Waals surface area (Å²) in [4.78, 5) is 11.5. The number of amides is 1. The molecule has 0 aromatic heterocycles. The fourth-order valence-corrected chi connectivity index (χ4v) is 3.32. The predicted molar refractivity (Wildman–Crippen MR) is 90.7 cm³/mol. The molecule has 1 aliphatic rings. The van der Waals surface area contributed by atoms with E-state index in [0.29, 0.717) is 12.3 Å². The van der Waals surface area contributed by atoms with E-state index in [9.17, 15) is 9.90 Å². The van der Waals surface area contributed by atoms with Crippen molar-refractivity contribution in [3.63, 3.8) is 0 Å². The van der Waals surface area contributed by atoms with Crippen LogP contribution in [0, 0.1) is 11.3 Å². The van der Waals surface area contributed by atoms with Crippen LogP contribution in [0.3, 0.4) is 0 Å². The summed E-state index contributed by atoms with van der Waals surface area (Å²) < 4.78 is 0. The van der Waals surface area contributed by atoms with E-state index in [1.807, 2.05) is 31.2 Å². The molecule has 2 rings (SSSR count). The molecule has 1 fully saturated rings. The molecule has 3 nitrogen and oxygen atoms in total. The van der Waals surface area contributed by atoms with E-state index in [2.05, 4.69) is 18.0 Å². The molecule has 1 saturated carbocycles. The molecule has 0 bridgehead atoms. The maximum atomic E-state index is 11.5. The normalized spacial score (nSPS) is 24.7. The van der Waals surface area contributed by atoms with E-state index in [-0.39, 0.29) is 17.9 Å². The molecule has 120 valence electrons. The van der Waals surface area contributed by atoms with Crippen molar-refractivity contribution >= 4 is 11.6 Å². The Labute approximate surface area is 133 Å². The van der Waals surface area contributed by atoms with Crippen molar-refractivity contribution < 1.29 is 9.90 Å². The van der Waals surface area contributed by atoms with Crippen molar-refractivity contribution in [3.8, 4) is 0 Å². The maximum absolute atomic E-state index is 11.5. The third-order valence-corrected chi connectivity index (χ3v) is 4.87. The van der Waals surface area contributed by atoms with Gasteiger partial charge in [-0.2, -0.15) is 0 Å². The number of aliphatic hydroxyl groups excluding tert-OH is 1. The van der Waals surface area contributed by atoms with Gasteiger partial charge in [0.05, 0.1) is 0 Å². The number of anilines is 1. The fraction of sp³-hybridized carbons (Fsp3) is 0.526. The minimum Gasteiger partial charge on any atom is -0.396 e. The molecule has 1 amide bonds. The lowest BCUT2D eigenvalue weighted by Crippen LogP contribution is -2.33. The van der Waals surface area contributed by atoms with Crippen LogP contribution in [0.25, 0.3) is 0 Å².